The van der Waals surface area contributed by atoms with E-state index in [2.05, 4.69) is 0 Å². The molecule has 2 atom stereocenters. The number of carbonyl (C=O) groups is 1. The van der Waals surface area contributed by atoms with Gasteiger partial charge in [0.25, 0.3) is 0 Å². The van der Waals surface area contributed by atoms with Crippen LogP contribution in [0.15, 0.2) is 0 Å². The molecule has 86 valence electrons. The van der Waals surface area contributed by atoms with Crippen molar-refractivity contribution in [2.45, 2.75) is 64.4 Å². The number of rotatable bonds is 1. The SMILES string of the molecule is C[C@@H]1OC(C)(C)O[C@@H](C2CCCC2)C1=O. The van der Waals surface area contributed by atoms with Crippen LogP contribution in [-0.2, 0) is 14.3 Å². The first-order valence-electron chi connectivity index (χ1n) is 5.89. The summed E-state index contributed by atoms with van der Waals surface area (Å²) in [5.74, 6) is -0.0648. The number of ketones is 1. The highest BCUT2D eigenvalue weighted by Crippen LogP contribution is 2.35. The number of Topliss-reactive ketones (excluding diaryl/α,β-unsaturated/α-hetero) is 1. The molecule has 0 amide bonds. The molecule has 0 radical (unpaired) electrons. The Labute approximate surface area is 91.1 Å². The summed E-state index contributed by atoms with van der Waals surface area (Å²) in [4.78, 5) is 12.0. The van der Waals surface area contributed by atoms with Crippen LogP contribution in [-0.4, -0.2) is 23.8 Å². The Bertz CT molecular complexity index is 254. The normalized spacial score (nSPS) is 37.1. The molecule has 1 aliphatic carbocycles. The van der Waals surface area contributed by atoms with Crippen LogP contribution in [0.25, 0.3) is 0 Å². The van der Waals surface area contributed by atoms with Gasteiger partial charge in [0.05, 0.1) is 0 Å². The molecule has 0 aromatic carbocycles. The van der Waals surface area contributed by atoms with Crippen molar-refractivity contribution in [3.05, 3.63) is 0 Å². The second-order valence-electron chi connectivity index (χ2n) is 5.15. The van der Waals surface area contributed by atoms with E-state index in [9.17, 15) is 4.79 Å². The fraction of sp³-hybridized carbons (Fsp3) is 0.917. The first-order valence-corrected chi connectivity index (χ1v) is 5.89. The molecule has 1 saturated carbocycles. The summed E-state index contributed by atoms with van der Waals surface area (Å²) in [6.07, 6.45) is 4.16. The maximum Gasteiger partial charge on any atom is 0.190 e. The third kappa shape index (κ3) is 2.23. The highest BCUT2D eigenvalue weighted by Gasteiger charge is 2.44. The van der Waals surface area contributed by atoms with Gasteiger partial charge >= 0.3 is 0 Å². The fourth-order valence-corrected chi connectivity index (χ4v) is 2.70. The summed E-state index contributed by atoms with van der Waals surface area (Å²) >= 11 is 0. The van der Waals surface area contributed by atoms with Gasteiger partial charge in [-0.3, -0.25) is 4.79 Å². The quantitative estimate of drug-likeness (QED) is 0.669. The molecule has 2 fully saturated rings. The minimum atomic E-state index is -0.611. The van der Waals surface area contributed by atoms with Gasteiger partial charge in [-0.2, -0.15) is 0 Å². The molecule has 15 heavy (non-hydrogen) atoms. The summed E-state index contributed by atoms with van der Waals surface area (Å²) in [7, 11) is 0. The van der Waals surface area contributed by atoms with Crippen LogP contribution in [0.3, 0.4) is 0 Å². The predicted octanol–water partition coefficient (Wildman–Crippen LogP) is 2.29. The smallest absolute Gasteiger partial charge is 0.190 e. The van der Waals surface area contributed by atoms with Gasteiger partial charge in [0.1, 0.15) is 12.2 Å². The lowest BCUT2D eigenvalue weighted by atomic mass is 9.93. The van der Waals surface area contributed by atoms with E-state index in [1.807, 2.05) is 20.8 Å². The Hall–Kier alpha value is -0.410. The molecular formula is C12H20O3. The summed E-state index contributed by atoms with van der Waals surface area (Å²) in [6.45, 7) is 5.60. The molecule has 0 aromatic rings. The van der Waals surface area contributed by atoms with Crippen molar-refractivity contribution in [3.63, 3.8) is 0 Å². The number of ether oxygens (including phenoxy) is 2. The summed E-state index contributed by atoms with van der Waals surface area (Å²) < 4.78 is 11.3. The molecular weight excluding hydrogens is 192 g/mol. The van der Waals surface area contributed by atoms with Crippen molar-refractivity contribution in [1.82, 2.24) is 0 Å². The van der Waals surface area contributed by atoms with E-state index >= 15 is 0 Å². The van der Waals surface area contributed by atoms with Crippen molar-refractivity contribution < 1.29 is 14.3 Å². The topological polar surface area (TPSA) is 35.5 Å². The Balaban J connectivity index is 2.11. The van der Waals surface area contributed by atoms with Crippen LogP contribution in [0.5, 0.6) is 0 Å². The first kappa shape index (κ1) is 11.1. The molecule has 3 heteroatoms. The lowest BCUT2D eigenvalue weighted by Crippen LogP contribution is -2.52. The molecule has 1 aliphatic heterocycles. The molecule has 1 saturated heterocycles. The molecule has 0 bridgehead atoms. The van der Waals surface area contributed by atoms with Gasteiger partial charge in [0, 0.05) is 0 Å². The van der Waals surface area contributed by atoms with Crippen molar-refractivity contribution in [2.24, 2.45) is 5.92 Å². The molecule has 0 unspecified atom stereocenters. The molecule has 3 nitrogen and oxygen atoms in total. The second-order valence-corrected chi connectivity index (χ2v) is 5.15. The first-order chi connectivity index (χ1) is 6.99. The van der Waals surface area contributed by atoms with E-state index in [4.69, 9.17) is 9.47 Å². The fourth-order valence-electron chi connectivity index (χ4n) is 2.70. The zero-order chi connectivity index (χ0) is 11.1. The zero-order valence-electron chi connectivity index (χ0n) is 9.79. The van der Waals surface area contributed by atoms with Crippen molar-refractivity contribution in [1.29, 1.82) is 0 Å². The van der Waals surface area contributed by atoms with E-state index < -0.39 is 5.79 Å². The van der Waals surface area contributed by atoms with Gasteiger partial charge in [-0.25, -0.2) is 0 Å². The molecule has 1 heterocycles. The lowest BCUT2D eigenvalue weighted by molar-refractivity contribution is -0.283. The van der Waals surface area contributed by atoms with Gasteiger partial charge in [0.2, 0.25) is 0 Å². The van der Waals surface area contributed by atoms with E-state index in [0.29, 0.717) is 5.92 Å². The van der Waals surface area contributed by atoms with Gasteiger partial charge in [-0.1, -0.05) is 12.8 Å². The monoisotopic (exact) mass is 212 g/mol. The highest BCUT2D eigenvalue weighted by molar-refractivity contribution is 5.88. The Morgan fingerprint density at radius 1 is 1.20 bits per heavy atom. The van der Waals surface area contributed by atoms with Crippen LogP contribution in [0.4, 0.5) is 0 Å². The van der Waals surface area contributed by atoms with Gasteiger partial charge in [-0.15, -0.1) is 0 Å². The Morgan fingerprint density at radius 2 is 1.80 bits per heavy atom. The maximum absolute atomic E-state index is 12.0. The Kier molecular flexibility index (Phi) is 2.86. The van der Waals surface area contributed by atoms with Crippen LogP contribution >= 0.6 is 0 Å². The van der Waals surface area contributed by atoms with Crippen LogP contribution in [0.1, 0.15) is 46.5 Å². The minimum absolute atomic E-state index is 0.126. The molecule has 0 N–H and O–H groups in total. The number of carbonyl (C=O) groups excluding carboxylic acids is 1. The second kappa shape index (κ2) is 3.87. The zero-order valence-corrected chi connectivity index (χ0v) is 9.79. The van der Waals surface area contributed by atoms with Gasteiger partial charge in [0.15, 0.2) is 11.6 Å². The van der Waals surface area contributed by atoms with E-state index in [1.165, 1.54) is 12.8 Å². The molecule has 0 aromatic heterocycles. The molecule has 2 rings (SSSR count). The summed E-state index contributed by atoms with van der Waals surface area (Å²) in [5, 5.41) is 0. The lowest BCUT2D eigenvalue weighted by Gasteiger charge is -2.40. The van der Waals surface area contributed by atoms with Crippen LogP contribution in [0.2, 0.25) is 0 Å². The minimum Gasteiger partial charge on any atom is -0.340 e. The number of hydrogen-bond acceptors (Lipinski definition) is 3. The predicted molar refractivity (Wildman–Crippen MR) is 56.5 cm³/mol. The third-order valence-corrected chi connectivity index (χ3v) is 3.38. The van der Waals surface area contributed by atoms with E-state index in [1.54, 1.807) is 0 Å². The average molecular weight is 212 g/mol. The van der Waals surface area contributed by atoms with Crippen LogP contribution in [0, 0.1) is 5.92 Å². The maximum atomic E-state index is 12.0. The van der Waals surface area contributed by atoms with Gasteiger partial charge < -0.3 is 9.47 Å². The van der Waals surface area contributed by atoms with E-state index in [-0.39, 0.29) is 18.0 Å². The third-order valence-electron chi connectivity index (χ3n) is 3.38. The molecule has 0 spiro atoms. The average Bonchev–Trinajstić information content (AvgIpc) is 2.63. The summed E-state index contributed by atoms with van der Waals surface area (Å²) in [5.41, 5.74) is 0. The largest absolute Gasteiger partial charge is 0.340 e. The van der Waals surface area contributed by atoms with E-state index in [0.717, 1.165) is 12.8 Å². The van der Waals surface area contributed by atoms with Crippen molar-refractivity contribution >= 4 is 5.78 Å². The Morgan fingerprint density at radius 3 is 2.40 bits per heavy atom. The standard InChI is InChI=1S/C12H20O3/c1-8-10(13)11(9-6-4-5-7-9)15-12(2,3)14-8/h8-9,11H,4-7H2,1-3H3/t8-,11-/m0/s1. The molecule has 2 aliphatic rings. The van der Waals surface area contributed by atoms with Gasteiger partial charge in [-0.05, 0) is 39.5 Å². The van der Waals surface area contributed by atoms with Crippen molar-refractivity contribution in [2.75, 3.05) is 0 Å². The summed E-state index contributed by atoms with van der Waals surface area (Å²) in [6, 6.07) is 0. The highest BCUT2D eigenvalue weighted by atomic mass is 16.7. The number of hydrogen-bond donors (Lipinski definition) is 0. The van der Waals surface area contributed by atoms with Crippen LogP contribution < -0.4 is 0 Å². The van der Waals surface area contributed by atoms with Crippen molar-refractivity contribution in [3.8, 4) is 0 Å².